The molecule has 0 aromatic heterocycles. The molecular formula is C12H15ClN2O2. The minimum absolute atomic E-state index is 0.103. The second-order valence-electron chi connectivity index (χ2n) is 3.97. The van der Waals surface area contributed by atoms with E-state index >= 15 is 0 Å². The van der Waals surface area contributed by atoms with Crippen molar-refractivity contribution >= 4 is 23.2 Å². The molecule has 1 heterocycles. The normalized spacial score (nSPS) is 19.1. The summed E-state index contributed by atoms with van der Waals surface area (Å²) in [6.07, 6.45) is 0.862. The lowest BCUT2D eigenvalue weighted by molar-refractivity contribution is 0.0930. The molecule has 1 amide bonds. The van der Waals surface area contributed by atoms with Crippen LogP contribution in [-0.4, -0.2) is 32.2 Å². The van der Waals surface area contributed by atoms with Gasteiger partial charge in [-0.05, 0) is 24.6 Å². The summed E-state index contributed by atoms with van der Waals surface area (Å²) in [4.78, 5) is 12.1. The largest absolute Gasteiger partial charge is 0.387 e. The topological polar surface area (TPSA) is 50.4 Å². The van der Waals surface area contributed by atoms with E-state index in [-0.39, 0.29) is 11.9 Å². The van der Waals surface area contributed by atoms with E-state index in [2.05, 4.69) is 10.6 Å². The van der Waals surface area contributed by atoms with Crippen LogP contribution in [0.15, 0.2) is 18.2 Å². The van der Waals surface area contributed by atoms with Crippen LogP contribution in [0.4, 0.5) is 5.69 Å². The van der Waals surface area contributed by atoms with Gasteiger partial charge in [-0.3, -0.25) is 4.79 Å². The van der Waals surface area contributed by atoms with E-state index in [1.54, 1.807) is 25.2 Å². The standard InChI is InChI=1S/C12H15ClN2O2/c1-14-11-3-2-8(13)6-10(11)12(16)15-9-4-5-17-7-9/h2-3,6,9,14H,4-5,7H2,1H3,(H,15,16). The van der Waals surface area contributed by atoms with Gasteiger partial charge in [-0.15, -0.1) is 0 Å². The number of nitrogens with one attached hydrogen (secondary N) is 2. The Balaban J connectivity index is 2.14. The van der Waals surface area contributed by atoms with Crippen LogP contribution in [0.1, 0.15) is 16.8 Å². The Labute approximate surface area is 105 Å². The van der Waals surface area contributed by atoms with Crippen LogP contribution in [0.5, 0.6) is 0 Å². The zero-order chi connectivity index (χ0) is 12.3. The maximum atomic E-state index is 12.1. The van der Waals surface area contributed by atoms with Gasteiger partial charge < -0.3 is 15.4 Å². The van der Waals surface area contributed by atoms with E-state index < -0.39 is 0 Å². The van der Waals surface area contributed by atoms with Crippen molar-refractivity contribution in [2.45, 2.75) is 12.5 Å². The van der Waals surface area contributed by atoms with Crippen LogP contribution in [0.3, 0.4) is 0 Å². The number of amides is 1. The Morgan fingerprint density at radius 1 is 1.53 bits per heavy atom. The molecule has 5 heteroatoms. The molecule has 0 radical (unpaired) electrons. The van der Waals surface area contributed by atoms with Crippen LogP contribution in [0, 0.1) is 0 Å². The average Bonchev–Trinajstić information content (AvgIpc) is 2.81. The molecule has 2 N–H and O–H groups in total. The summed E-state index contributed by atoms with van der Waals surface area (Å²) in [5.74, 6) is -0.118. The SMILES string of the molecule is CNc1ccc(Cl)cc1C(=O)NC1CCOC1. The Morgan fingerprint density at radius 2 is 2.35 bits per heavy atom. The van der Waals surface area contributed by atoms with Crippen LogP contribution in [0.25, 0.3) is 0 Å². The maximum Gasteiger partial charge on any atom is 0.253 e. The molecule has 2 rings (SSSR count). The highest BCUT2D eigenvalue weighted by molar-refractivity contribution is 6.31. The molecule has 1 atom stereocenters. The lowest BCUT2D eigenvalue weighted by Crippen LogP contribution is -2.35. The van der Waals surface area contributed by atoms with Crippen molar-refractivity contribution in [2.75, 3.05) is 25.6 Å². The fraction of sp³-hybridized carbons (Fsp3) is 0.417. The second kappa shape index (κ2) is 5.38. The molecule has 1 saturated heterocycles. The van der Waals surface area contributed by atoms with Crippen LogP contribution >= 0.6 is 11.6 Å². The number of benzene rings is 1. The number of ether oxygens (including phenoxy) is 1. The van der Waals surface area contributed by atoms with Gasteiger partial charge in [-0.1, -0.05) is 11.6 Å². The van der Waals surface area contributed by atoms with Crippen molar-refractivity contribution in [1.82, 2.24) is 5.32 Å². The second-order valence-corrected chi connectivity index (χ2v) is 4.41. The van der Waals surface area contributed by atoms with Gasteiger partial charge in [0, 0.05) is 24.4 Å². The third-order valence-corrected chi connectivity index (χ3v) is 3.00. The number of hydrogen-bond acceptors (Lipinski definition) is 3. The molecular weight excluding hydrogens is 240 g/mol. The van der Waals surface area contributed by atoms with E-state index in [4.69, 9.17) is 16.3 Å². The molecule has 1 aliphatic rings. The molecule has 92 valence electrons. The Hall–Kier alpha value is -1.26. The average molecular weight is 255 g/mol. The maximum absolute atomic E-state index is 12.1. The number of halogens is 1. The first-order valence-corrected chi connectivity index (χ1v) is 5.94. The number of carbonyl (C=O) groups excluding carboxylic acids is 1. The van der Waals surface area contributed by atoms with E-state index in [1.807, 2.05) is 0 Å². The highest BCUT2D eigenvalue weighted by Crippen LogP contribution is 2.20. The van der Waals surface area contributed by atoms with E-state index in [9.17, 15) is 4.79 Å². The number of anilines is 1. The van der Waals surface area contributed by atoms with Gasteiger partial charge in [0.15, 0.2) is 0 Å². The summed E-state index contributed by atoms with van der Waals surface area (Å²) >= 11 is 5.90. The van der Waals surface area contributed by atoms with Crippen molar-refractivity contribution < 1.29 is 9.53 Å². The number of rotatable bonds is 3. The molecule has 4 nitrogen and oxygen atoms in total. The molecule has 0 aliphatic carbocycles. The smallest absolute Gasteiger partial charge is 0.253 e. The predicted molar refractivity (Wildman–Crippen MR) is 67.7 cm³/mol. The van der Waals surface area contributed by atoms with Crippen LogP contribution in [0.2, 0.25) is 5.02 Å². The van der Waals surface area contributed by atoms with Crippen molar-refractivity contribution in [3.05, 3.63) is 28.8 Å². The van der Waals surface area contributed by atoms with Crippen LogP contribution < -0.4 is 10.6 Å². The summed E-state index contributed by atoms with van der Waals surface area (Å²) in [7, 11) is 1.78. The first kappa shape index (κ1) is 12.2. The molecule has 17 heavy (non-hydrogen) atoms. The van der Waals surface area contributed by atoms with Gasteiger partial charge in [0.2, 0.25) is 0 Å². The lowest BCUT2D eigenvalue weighted by Gasteiger charge is -2.13. The Kier molecular flexibility index (Phi) is 3.86. The fourth-order valence-corrected chi connectivity index (χ4v) is 2.01. The zero-order valence-corrected chi connectivity index (χ0v) is 10.4. The quantitative estimate of drug-likeness (QED) is 0.866. The highest BCUT2D eigenvalue weighted by Gasteiger charge is 2.20. The molecule has 1 unspecified atom stereocenters. The predicted octanol–water partition coefficient (Wildman–Crippen LogP) is 1.90. The summed E-state index contributed by atoms with van der Waals surface area (Å²) in [6, 6.07) is 5.32. The van der Waals surface area contributed by atoms with Gasteiger partial charge >= 0.3 is 0 Å². The molecule has 0 spiro atoms. The van der Waals surface area contributed by atoms with E-state index in [0.717, 1.165) is 12.1 Å². The summed E-state index contributed by atoms with van der Waals surface area (Å²) in [5.41, 5.74) is 1.33. The van der Waals surface area contributed by atoms with Crippen molar-refractivity contribution in [1.29, 1.82) is 0 Å². The zero-order valence-electron chi connectivity index (χ0n) is 9.63. The molecule has 0 bridgehead atoms. The monoisotopic (exact) mass is 254 g/mol. The summed E-state index contributed by atoms with van der Waals surface area (Å²) in [6.45, 7) is 1.29. The Morgan fingerprint density at radius 3 is 3.00 bits per heavy atom. The summed E-state index contributed by atoms with van der Waals surface area (Å²) < 4.78 is 5.22. The van der Waals surface area contributed by atoms with Crippen molar-refractivity contribution in [3.63, 3.8) is 0 Å². The van der Waals surface area contributed by atoms with E-state index in [1.165, 1.54) is 0 Å². The molecule has 1 aromatic rings. The van der Waals surface area contributed by atoms with Gasteiger partial charge in [0.05, 0.1) is 18.2 Å². The van der Waals surface area contributed by atoms with Gasteiger partial charge in [-0.25, -0.2) is 0 Å². The Bertz CT molecular complexity index is 417. The van der Waals surface area contributed by atoms with Gasteiger partial charge in [0.1, 0.15) is 0 Å². The lowest BCUT2D eigenvalue weighted by atomic mass is 10.1. The third kappa shape index (κ3) is 2.90. The minimum Gasteiger partial charge on any atom is -0.387 e. The summed E-state index contributed by atoms with van der Waals surface area (Å²) in [5, 5.41) is 6.46. The highest BCUT2D eigenvalue weighted by atomic mass is 35.5. The molecule has 1 fully saturated rings. The van der Waals surface area contributed by atoms with Crippen molar-refractivity contribution in [2.24, 2.45) is 0 Å². The number of hydrogen-bond donors (Lipinski definition) is 2. The van der Waals surface area contributed by atoms with E-state index in [0.29, 0.717) is 23.8 Å². The molecule has 1 aliphatic heterocycles. The molecule has 0 saturated carbocycles. The number of carbonyl (C=O) groups is 1. The first-order chi connectivity index (χ1) is 8.20. The third-order valence-electron chi connectivity index (χ3n) is 2.76. The van der Waals surface area contributed by atoms with Gasteiger partial charge in [-0.2, -0.15) is 0 Å². The molecule has 1 aromatic carbocycles. The van der Waals surface area contributed by atoms with Gasteiger partial charge in [0.25, 0.3) is 5.91 Å². The fourth-order valence-electron chi connectivity index (χ4n) is 1.83. The van der Waals surface area contributed by atoms with Crippen LogP contribution in [-0.2, 0) is 4.74 Å². The van der Waals surface area contributed by atoms with Crippen molar-refractivity contribution in [3.8, 4) is 0 Å². The minimum atomic E-state index is -0.118. The first-order valence-electron chi connectivity index (χ1n) is 5.56.